The Morgan fingerprint density at radius 3 is 2.63 bits per heavy atom. The Hall–Kier alpha value is -0.650. The normalized spacial score (nSPS) is 25.8. The van der Waals surface area contributed by atoms with Crippen LogP contribution in [-0.2, 0) is 4.79 Å². The number of hydrogen-bond donors (Lipinski definition) is 2. The lowest BCUT2D eigenvalue weighted by Gasteiger charge is -2.37. The Bertz CT molecular complexity index is 297. The van der Waals surface area contributed by atoms with Gasteiger partial charge in [-0.25, -0.2) is 0 Å². The van der Waals surface area contributed by atoms with Crippen LogP contribution in [0.4, 0.5) is 0 Å². The number of hydrogen-bond acceptors (Lipinski definition) is 4. The summed E-state index contributed by atoms with van der Waals surface area (Å²) in [7, 11) is 2.17. The SMILES string of the molecule is CCNC(C)(CN1CCCN(C)CC1CC)C(N)=O. The molecule has 2 unspecified atom stereocenters. The van der Waals surface area contributed by atoms with Crippen molar-refractivity contribution in [2.75, 3.05) is 39.8 Å². The Balaban J connectivity index is 2.77. The third kappa shape index (κ3) is 4.44. The summed E-state index contributed by atoms with van der Waals surface area (Å²) in [6.07, 6.45) is 2.25. The highest BCUT2D eigenvalue weighted by Gasteiger charge is 2.35. The number of primary amides is 1. The van der Waals surface area contributed by atoms with Gasteiger partial charge in [-0.3, -0.25) is 9.69 Å². The Labute approximate surface area is 117 Å². The van der Waals surface area contributed by atoms with Crippen LogP contribution >= 0.6 is 0 Å². The minimum atomic E-state index is -0.634. The first-order valence-corrected chi connectivity index (χ1v) is 7.40. The van der Waals surface area contributed by atoms with Gasteiger partial charge in [0, 0.05) is 19.1 Å². The van der Waals surface area contributed by atoms with Gasteiger partial charge in [-0.15, -0.1) is 0 Å². The highest BCUT2D eigenvalue weighted by atomic mass is 16.1. The van der Waals surface area contributed by atoms with Gasteiger partial charge in [0.25, 0.3) is 0 Å². The van der Waals surface area contributed by atoms with Crippen LogP contribution in [0.25, 0.3) is 0 Å². The molecule has 0 spiro atoms. The van der Waals surface area contributed by atoms with Crippen LogP contribution in [0.15, 0.2) is 0 Å². The number of nitrogens with two attached hydrogens (primary N) is 1. The molecule has 5 nitrogen and oxygen atoms in total. The van der Waals surface area contributed by atoms with Crippen LogP contribution < -0.4 is 11.1 Å². The second kappa shape index (κ2) is 7.22. The Morgan fingerprint density at radius 2 is 2.11 bits per heavy atom. The molecule has 0 radical (unpaired) electrons. The number of carbonyl (C=O) groups excluding carboxylic acids is 1. The number of carbonyl (C=O) groups is 1. The summed E-state index contributed by atoms with van der Waals surface area (Å²) < 4.78 is 0. The zero-order chi connectivity index (χ0) is 14.5. The molecule has 112 valence electrons. The summed E-state index contributed by atoms with van der Waals surface area (Å²) in [6.45, 7) is 10.8. The van der Waals surface area contributed by atoms with Crippen molar-refractivity contribution >= 4 is 5.91 Å². The standard InChI is InChI=1S/C14H30N4O/c1-5-12-10-17(4)8-7-9-18(12)11-14(3,13(15)19)16-6-2/h12,16H,5-11H2,1-4H3,(H2,15,19). The van der Waals surface area contributed by atoms with Crippen LogP contribution in [0, 0.1) is 0 Å². The molecule has 0 saturated carbocycles. The molecular formula is C14H30N4O. The molecule has 3 N–H and O–H groups in total. The maximum absolute atomic E-state index is 11.8. The number of nitrogens with one attached hydrogen (secondary N) is 1. The van der Waals surface area contributed by atoms with Gasteiger partial charge in [-0.2, -0.15) is 0 Å². The first-order chi connectivity index (χ1) is 8.92. The lowest BCUT2D eigenvalue weighted by molar-refractivity contribution is -0.124. The van der Waals surface area contributed by atoms with Gasteiger partial charge in [0.2, 0.25) is 5.91 Å². The van der Waals surface area contributed by atoms with E-state index in [0.29, 0.717) is 12.6 Å². The molecule has 0 bridgehead atoms. The number of rotatable bonds is 6. The number of nitrogens with zero attached hydrogens (tertiary/aromatic N) is 2. The van der Waals surface area contributed by atoms with Crippen molar-refractivity contribution in [1.82, 2.24) is 15.1 Å². The van der Waals surface area contributed by atoms with Crippen molar-refractivity contribution in [2.24, 2.45) is 5.73 Å². The Kier molecular flexibility index (Phi) is 6.23. The van der Waals surface area contributed by atoms with Gasteiger partial charge in [0.05, 0.1) is 0 Å². The fourth-order valence-electron chi connectivity index (χ4n) is 2.91. The van der Waals surface area contributed by atoms with Gasteiger partial charge >= 0.3 is 0 Å². The van der Waals surface area contributed by atoms with E-state index in [1.54, 1.807) is 0 Å². The van der Waals surface area contributed by atoms with Gasteiger partial charge in [-0.05, 0) is 46.4 Å². The maximum Gasteiger partial charge on any atom is 0.238 e. The van der Waals surface area contributed by atoms with Gasteiger partial charge in [0.15, 0.2) is 0 Å². The minimum absolute atomic E-state index is 0.262. The van der Waals surface area contributed by atoms with E-state index in [1.165, 1.54) is 0 Å². The summed E-state index contributed by atoms with van der Waals surface area (Å²) in [6, 6.07) is 0.504. The first kappa shape index (κ1) is 16.4. The van der Waals surface area contributed by atoms with Gasteiger partial charge in [-0.1, -0.05) is 13.8 Å². The molecule has 1 aliphatic heterocycles. The highest BCUT2D eigenvalue weighted by molar-refractivity contribution is 5.84. The van der Waals surface area contributed by atoms with Crippen LogP contribution in [0.5, 0.6) is 0 Å². The Morgan fingerprint density at radius 1 is 1.42 bits per heavy atom. The van der Waals surface area contributed by atoms with Crippen molar-refractivity contribution in [3.05, 3.63) is 0 Å². The topological polar surface area (TPSA) is 61.6 Å². The van der Waals surface area contributed by atoms with Crippen LogP contribution in [-0.4, -0.2) is 67.1 Å². The predicted octanol–water partition coefficient (Wildman–Crippen LogP) is 0.256. The summed E-state index contributed by atoms with van der Waals surface area (Å²) >= 11 is 0. The van der Waals surface area contributed by atoms with Crippen LogP contribution in [0.1, 0.15) is 33.6 Å². The average molecular weight is 270 g/mol. The second-order valence-corrected chi connectivity index (χ2v) is 5.88. The molecule has 19 heavy (non-hydrogen) atoms. The molecule has 0 aromatic carbocycles. The monoisotopic (exact) mass is 270 g/mol. The molecule has 1 fully saturated rings. The second-order valence-electron chi connectivity index (χ2n) is 5.88. The zero-order valence-corrected chi connectivity index (χ0v) is 12.9. The molecule has 2 atom stereocenters. The van der Waals surface area contributed by atoms with E-state index in [0.717, 1.165) is 39.0 Å². The van der Waals surface area contributed by atoms with Crippen molar-refractivity contribution in [3.8, 4) is 0 Å². The van der Waals surface area contributed by atoms with E-state index >= 15 is 0 Å². The molecule has 1 saturated heterocycles. The van der Waals surface area contributed by atoms with E-state index in [4.69, 9.17) is 5.73 Å². The molecule has 0 aliphatic carbocycles. The summed E-state index contributed by atoms with van der Waals surface area (Å²) in [4.78, 5) is 16.6. The van der Waals surface area contributed by atoms with Gasteiger partial charge in [0.1, 0.15) is 5.54 Å². The lowest BCUT2D eigenvalue weighted by atomic mass is 9.99. The van der Waals surface area contributed by atoms with Crippen molar-refractivity contribution < 1.29 is 4.79 Å². The molecule has 1 amide bonds. The zero-order valence-electron chi connectivity index (χ0n) is 12.9. The van der Waals surface area contributed by atoms with Crippen LogP contribution in [0.2, 0.25) is 0 Å². The third-order valence-electron chi connectivity index (χ3n) is 4.13. The van der Waals surface area contributed by atoms with Crippen LogP contribution in [0.3, 0.4) is 0 Å². The van der Waals surface area contributed by atoms with E-state index in [1.807, 2.05) is 13.8 Å². The predicted molar refractivity (Wildman–Crippen MR) is 79.0 cm³/mol. The third-order valence-corrected chi connectivity index (χ3v) is 4.13. The summed E-state index contributed by atoms with van der Waals surface area (Å²) in [5.74, 6) is -0.262. The molecule has 1 heterocycles. The molecule has 0 aromatic heterocycles. The van der Waals surface area contributed by atoms with Crippen molar-refractivity contribution in [1.29, 1.82) is 0 Å². The molecular weight excluding hydrogens is 240 g/mol. The van der Waals surface area contributed by atoms with Gasteiger partial charge < -0.3 is 16.0 Å². The molecule has 1 aliphatic rings. The molecule has 1 rings (SSSR count). The van der Waals surface area contributed by atoms with Crippen molar-refractivity contribution in [3.63, 3.8) is 0 Å². The fourth-order valence-corrected chi connectivity index (χ4v) is 2.91. The average Bonchev–Trinajstić information content (AvgIpc) is 2.51. The summed E-state index contributed by atoms with van der Waals surface area (Å²) in [5, 5.41) is 3.25. The van der Waals surface area contributed by atoms with E-state index in [2.05, 4.69) is 29.1 Å². The largest absolute Gasteiger partial charge is 0.368 e. The van der Waals surface area contributed by atoms with E-state index in [-0.39, 0.29) is 5.91 Å². The van der Waals surface area contributed by atoms with Crippen molar-refractivity contribution in [2.45, 2.75) is 45.2 Å². The van der Waals surface area contributed by atoms with E-state index in [9.17, 15) is 4.79 Å². The quantitative estimate of drug-likeness (QED) is 0.726. The number of likely N-dealkylation sites (N-methyl/N-ethyl adjacent to an activating group) is 2. The highest BCUT2D eigenvalue weighted by Crippen LogP contribution is 2.16. The minimum Gasteiger partial charge on any atom is -0.368 e. The summed E-state index contributed by atoms with van der Waals surface area (Å²) in [5.41, 5.74) is 4.96. The van der Waals surface area contributed by atoms with E-state index < -0.39 is 5.54 Å². The number of amides is 1. The maximum atomic E-state index is 11.8. The first-order valence-electron chi connectivity index (χ1n) is 7.40. The molecule has 0 aromatic rings. The molecule has 5 heteroatoms. The fraction of sp³-hybridized carbons (Fsp3) is 0.929. The smallest absolute Gasteiger partial charge is 0.238 e. The lowest BCUT2D eigenvalue weighted by Crippen LogP contribution is -2.61.